The fourth-order valence-corrected chi connectivity index (χ4v) is 5.83. The van der Waals surface area contributed by atoms with E-state index in [1.807, 2.05) is 16.9 Å². The molecule has 1 aromatic carbocycles. The Kier molecular flexibility index (Phi) is 5.83. The third kappa shape index (κ3) is 4.41. The number of ether oxygens (including phenoxy) is 1. The summed E-state index contributed by atoms with van der Waals surface area (Å²) in [5.41, 5.74) is 2.63. The predicted molar refractivity (Wildman–Crippen MR) is 127 cm³/mol. The number of methoxy groups -OCH3 is 1. The van der Waals surface area contributed by atoms with Crippen LogP contribution in [0.3, 0.4) is 0 Å². The van der Waals surface area contributed by atoms with E-state index in [-0.39, 0.29) is 11.8 Å². The molecule has 0 bridgehead atoms. The molecule has 11 heteroatoms. The monoisotopic (exact) mass is 479 g/mol. The van der Waals surface area contributed by atoms with Gasteiger partial charge in [-0.3, -0.25) is 8.99 Å². The summed E-state index contributed by atoms with van der Waals surface area (Å²) in [5.74, 6) is 1.51. The van der Waals surface area contributed by atoms with Crippen molar-refractivity contribution in [1.29, 1.82) is 5.26 Å². The molecule has 1 saturated carbocycles. The summed E-state index contributed by atoms with van der Waals surface area (Å²) >= 11 is 0. The van der Waals surface area contributed by atoms with Gasteiger partial charge in [0, 0.05) is 24.0 Å². The van der Waals surface area contributed by atoms with E-state index in [0.29, 0.717) is 54.1 Å². The Bertz CT molecular complexity index is 1340. The first kappa shape index (κ1) is 22.2. The van der Waals surface area contributed by atoms with E-state index in [2.05, 4.69) is 26.5 Å². The van der Waals surface area contributed by atoms with Crippen LogP contribution in [0.15, 0.2) is 42.9 Å². The smallest absolute Gasteiger partial charge is 0.235 e. The molecule has 0 radical (unpaired) electrons. The quantitative estimate of drug-likeness (QED) is 0.520. The van der Waals surface area contributed by atoms with E-state index < -0.39 is 10.0 Å². The number of rotatable bonds is 8. The van der Waals surface area contributed by atoms with Crippen LogP contribution in [0.5, 0.6) is 5.75 Å². The summed E-state index contributed by atoms with van der Waals surface area (Å²) in [6.45, 7) is 0.479. The molecule has 2 fully saturated rings. The molecule has 3 heterocycles. The van der Waals surface area contributed by atoms with Crippen molar-refractivity contribution in [3.63, 3.8) is 0 Å². The van der Waals surface area contributed by atoms with Crippen molar-refractivity contribution in [1.82, 2.24) is 19.7 Å². The first-order valence-electron chi connectivity index (χ1n) is 11.2. The Morgan fingerprint density at radius 1 is 1.32 bits per heavy atom. The molecule has 10 nitrogen and oxygen atoms in total. The number of benzene rings is 1. The van der Waals surface area contributed by atoms with Crippen LogP contribution in [0.1, 0.15) is 31.7 Å². The van der Waals surface area contributed by atoms with Gasteiger partial charge in [-0.1, -0.05) is 6.07 Å². The highest BCUT2D eigenvalue weighted by molar-refractivity contribution is 7.93. The highest BCUT2D eigenvalue weighted by atomic mass is 32.2. The number of nitriles is 1. The van der Waals surface area contributed by atoms with Crippen molar-refractivity contribution in [2.24, 2.45) is 5.92 Å². The highest BCUT2D eigenvalue weighted by Gasteiger charge is 2.33. The molecule has 2 aromatic heterocycles. The molecule has 5 rings (SSSR count). The standard InChI is InChI=1S/C23H25N7O3S/c1-33-21-14-25-23(27-18-4-2-5-19(12-18)30-10-3-11-34(30,31)32)28-22(21)17-13-26-29(15-17)20(8-9-24)16-6-7-16/h2,4-5,12-16,20H,3,6-8,10-11H2,1H3,(H,25,27,28). The minimum absolute atomic E-state index is 0.0637. The first-order chi connectivity index (χ1) is 16.5. The molecule has 0 spiro atoms. The zero-order valence-corrected chi connectivity index (χ0v) is 19.6. The van der Waals surface area contributed by atoms with Gasteiger partial charge in [-0.15, -0.1) is 0 Å². The maximum absolute atomic E-state index is 12.3. The maximum atomic E-state index is 12.3. The lowest BCUT2D eigenvalue weighted by atomic mass is 10.1. The Morgan fingerprint density at radius 3 is 2.88 bits per heavy atom. The Hall–Kier alpha value is -3.65. The van der Waals surface area contributed by atoms with E-state index in [9.17, 15) is 13.7 Å². The van der Waals surface area contributed by atoms with Crippen LogP contribution < -0.4 is 14.4 Å². The number of hydrogen-bond acceptors (Lipinski definition) is 8. The molecule has 0 amide bonds. The molecule has 3 aromatic rings. The van der Waals surface area contributed by atoms with Crippen molar-refractivity contribution in [3.8, 4) is 23.1 Å². The summed E-state index contributed by atoms with van der Waals surface area (Å²) in [5, 5.41) is 16.9. The Balaban J connectivity index is 1.41. The normalized spacial score (nSPS) is 17.8. The van der Waals surface area contributed by atoms with Gasteiger partial charge in [0.1, 0.15) is 5.69 Å². The minimum atomic E-state index is -3.26. The number of sulfonamides is 1. The molecule has 176 valence electrons. The van der Waals surface area contributed by atoms with Crippen LogP contribution in [-0.4, -0.2) is 47.6 Å². The Morgan fingerprint density at radius 2 is 2.18 bits per heavy atom. The number of nitrogens with one attached hydrogen (secondary N) is 1. The second-order valence-electron chi connectivity index (χ2n) is 8.50. The molecule has 2 aliphatic rings. The van der Waals surface area contributed by atoms with E-state index in [1.54, 1.807) is 37.7 Å². The summed E-state index contributed by atoms with van der Waals surface area (Å²) in [4.78, 5) is 8.99. The van der Waals surface area contributed by atoms with Crippen LogP contribution in [-0.2, 0) is 10.0 Å². The van der Waals surface area contributed by atoms with E-state index in [0.717, 1.165) is 18.4 Å². The fourth-order valence-electron chi connectivity index (χ4n) is 4.28. The van der Waals surface area contributed by atoms with Crippen molar-refractivity contribution in [2.75, 3.05) is 29.0 Å². The van der Waals surface area contributed by atoms with Crippen LogP contribution in [0.4, 0.5) is 17.3 Å². The van der Waals surface area contributed by atoms with Gasteiger partial charge in [0.15, 0.2) is 5.75 Å². The predicted octanol–water partition coefficient (Wildman–Crippen LogP) is 3.50. The molecular formula is C23H25N7O3S. The van der Waals surface area contributed by atoms with Gasteiger partial charge in [0.25, 0.3) is 0 Å². The van der Waals surface area contributed by atoms with Gasteiger partial charge in [0.05, 0.1) is 49.5 Å². The van der Waals surface area contributed by atoms with E-state index in [1.165, 1.54) is 4.31 Å². The second kappa shape index (κ2) is 8.95. The summed E-state index contributed by atoms with van der Waals surface area (Å²) < 4.78 is 33.3. The van der Waals surface area contributed by atoms with Crippen molar-refractivity contribution in [3.05, 3.63) is 42.9 Å². The van der Waals surface area contributed by atoms with Gasteiger partial charge in [-0.2, -0.15) is 10.4 Å². The average molecular weight is 480 g/mol. The Labute approximate surface area is 198 Å². The number of aromatic nitrogens is 4. The van der Waals surface area contributed by atoms with Crippen LogP contribution in [0, 0.1) is 17.2 Å². The van der Waals surface area contributed by atoms with Gasteiger partial charge in [0.2, 0.25) is 16.0 Å². The lowest BCUT2D eigenvalue weighted by Crippen LogP contribution is -2.25. The van der Waals surface area contributed by atoms with Crippen molar-refractivity contribution < 1.29 is 13.2 Å². The van der Waals surface area contributed by atoms with Crippen molar-refractivity contribution >= 4 is 27.3 Å². The lowest BCUT2D eigenvalue weighted by molar-refractivity contribution is 0.411. The van der Waals surface area contributed by atoms with Gasteiger partial charge in [-0.05, 0) is 43.4 Å². The van der Waals surface area contributed by atoms with Crippen LogP contribution in [0.2, 0.25) is 0 Å². The fraction of sp³-hybridized carbons (Fsp3) is 0.391. The van der Waals surface area contributed by atoms with Crippen LogP contribution >= 0.6 is 0 Å². The average Bonchev–Trinajstić information content (AvgIpc) is 3.44. The summed E-state index contributed by atoms with van der Waals surface area (Å²) in [6.07, 6.45) is 8.48. The summed E-state index contributed by atoms with van der Waals surface area (Å²) in [6, 6.07) is 9.51. The van der Waals surface area contributed by atoms with Gasteiger partial charge in [-0.25, -0.2) is 18.4 Å². The SMILES string of the molecule is COc1cnc(Nc2cccc(N3CCCS3(=O)=O)c2)nc1-c1cnn(C(CC#N)C2CC2)c1. The lowest BCUT2D eigenvalue weighted by Gasteiger charge is -2.18. The largest absolute Gasteiger partial charge is 0.493 e. The molecule has 1 saturated heterocycles. The van der Waals surface area contributed by atoms with E-state index >= 15 is 0 Å². The molecule has 1 N–H and O–H groups in total. The molecular weight excluding hydrogens is 454 g/mol. The van der Waals surface area contributed by atoms with E-state index in [4.69, 9.17) is 4.74 Å². The third-order valence-electron chi connectivity index (χ3n) is 6.15. The molecule has 1 aliphatic heterocycles. The number of hydrogen-bond donors (Lipinski definition) is 1. The van der Waals surface area contributed by atoms with Crippen LogP contribution in [0.25, 0.3) is 11.3 Å². The first-order valence-corrected chi connectivity index (χ1v) is 12.8. The summed E-state index contributed by atoms with van der Waals surface area (Å²) in [7, 11) is -1.71. The zero-order valence-electron chi connectivity index (χ0n) is 18.8. The van der Waals surface area contributed by atoms with Crippen molar-refractivity contribution in [2.45, 2.75) is 31.7 Å². The topological polar surface area (TPSA) is 126 Å². The minimum Gasteiger partial charge on any atom is -0.493 e. The van der Waals surface area contributed by atoms with Gasteiger partial charge >= 0.3 is 0 Å². The molecule has 34 heavy (non-hydrogen) atoms. The maximum Gasteiger partial charge on any atom is 0.235 e. The van der Waals surface area contributed by atoms with Gasteiger partial charge < -0.3 is 10.1 Å². The zero-order chi connectivity index (χ0) is 23.7. The number of anilines is 3. The molecule has 1 unspecified atom stereocenters. The molecule has 1 atom stereocenters. The molecule has 1 aliphatic carbocycles. The second-order valence-corrected chi connectivity index (χ2v) is 10.5. The highest BCUT2D eigenvalue weighted by Crippen LogP contribution is 2.42. The number of nitrogens with zero attached hydrogens (tertiary/aromatic N) is 6. The third-order valence-corrected chi connectivity index (χ3v) is 8.02.